The lowest BCUT2D eigenvalue weighted by molar-refractivity contribution is -0.210. The number of rotatable bonds is 2. The van der Waals surface area contributed by atoms with Crippen molar-refractivity contribution >= 4 is 11.9 Å². The molecule has 4 fully saturated rings. The van der Waals surface area contributed by atoms with Crippen molar-refractivity contribution in [3.63, 3.8) is 0 Å². The smallest absolute Gasteiger partial charge is 0.255 e. The second-order valence-corrected chi connectivity index (χ2v) is 9.72. The van der Waals surface area contributed by atoms with Crippen LogP contribution in [0.15, 0.2) is 4.79 Å². The number of nitrogen functional groups attached to an aromatic ring is 1. The Bertz CT molecular complexity index is 882. The molecule has 0 spiro atoms. The fraction of sp³-hybridized carbons (Fsp3) is 0.750. The van der Waals surface area contributed by atoms with Gasteiger partial charge < -0.3 is 15.7 Å². The molecule has 27 heavy (non-hydrogen) atoms. The third-order valence-electron chi connectivity index (χ3n) is 7.74. The normalized spacial score (nSPS) is 39.5. The van der Waals surface area contributed by atoms with E-state index in [0.29, 0.717) is 43.1 Å². The van der Waals surface area contributed by atoms with E-state index in [-0.39, 0.29) is 22.8 Å². The van der Waals surface area contributed by atoms with Gasteiger partial charge >= 0.3 is 0 Å². The molecule has 1 aliphatic heterocycles. The van der Waals surface area contributed by atoms with E-state index in [4.69, 9.17) is 5.73 Å². The number of hydrogen-bond acceptors (Lipinski definition) is 5. The lowest BCUT2D eigenvalue weighted by atomic mass is 9.42. The third-order valence-corrected chi connectivity index (χ3v) is 7.74. The molecule has 4 saturated carbocycles. The zero-order valence-electron chi connectivity index (χ0n) is 15.9. The monoisotopic (exact) mass is 372 g/mol. The van der Waals surface area contributed by atoms with Crippen LogP contribution in [0.4, 0.5) is 5.95 Å². The molecule has 1 amide bonds. The van der Waals surface area contributed by atoms with Gasteiger partial charge in [-0.2, -0.15) is 0 Å². The predicted octanol–water partition coefficient (Wildman–Crippen LogP) is 1.35. The SMILES string of the molecule is CC[C@]12C[C@@H]3C[C@@](O)(C1)C[C@@](C(=O)N1CCc4c(nc(N)[nH]c4=O)C1)(C3)C2. The van der Waals surface area contributed by atoms with Crippen LogP contribution in [0.1, 0.15) is 63.1 Å². The van der Waals surface area contributed by atoms with Gasteiger partial charge in [0.2, 0.25) is 11.9 Å². The molecule has 0 aromatic carbocycles. The largest absolute Gasteiger partial charge is 0.390 e. The third kappa shape index (κ3) is 2.47. The number of nitrogens with two attached hydrogens (primary N) is 1. The molecule has 1 aromatic rings. The number of aromatic nitrogens is 2. The molecule has 4 aliphatic carbocycles. The Morgan fingerprint density at radius 3 is 2.89 bits per heavy atom. The van der Waals surface area contributed by atoms with Crippen LogP contribution in [0.5, 0.6) is 0 Å². The lowest BCUT2D eigenvalue weighted by Crippen LogP contribution is -2.64. The Labute approximate surface area is 158 Å². The van der Waals surface area contributed by atoms with Crippen molar-refractivity contribution in [2.75, 3.05) is 12.3 Å². The van der Waals surface area contributed by atoms with Gasteiger partial charge in [-0.3, -0.25) is 14.6 Å². The Balaban J connectivity index is 1.47. The summed E-state index contributed by atoms with van der Waals surface area (Å²) in [5.41, 5.74) is 5.74. The molecule has 4 N–H and O–H groups in total. The van der Waals surface area contributed by atoms with Crippen molar-refractivity contribution in [3.05, 3.63) is 21.6 Å². The minimum Gasteiger partial charge on any atom is -0.390 e. The highest BCUT2D eigenvalue weighted by Crippen LogP contribution is 2.68. The number of aromatic amines is 1. The van der Waals surface area contributed by atoms with Gasteiger partial charge in [-0.1, -0.05) is 13.3 Å². The topological polar surface area (TPSA) is 112 Å². The van der Waals surface area contributed by atoms with Gasteiger partial charge in [-0.15, -0.1) is 0 Å². The number of anilines is 1. The maximum atomic E-state index is 13.7. The molecule has 4 atom stereocenters. The fourth-order valence-electron chi connectivity index (χ4n) is 7.19. The van der Waals surface area contributed by atoms with Crippen molar-refractivity contribution in [2.24, 2.45) is 16.7 Å². The molecule has 2 heterocycles. The first kappa shape index (κ1) is 17.2. The van der Waals surface area contributed by atoms with Crippen LogP contribution in [0.25, 0.3) is 0 Å². The first-order valence-electron chi connectivity index (χ1n) is 10.1. The van der Waals surface area contributed by atoms with E-state index in [9.17, 15) is 14.7 Å². The van der Waals surface area contributed by atoms with Crippen molar-refractivity contribution in [1.82, 2.24) is 14.9 Å². The molecule has 0 saturated heterocycles. The summed E-state index contributed by atoms with van der Waals surface area (Å²) in [5.74, 6) is 0.695. The molecule has 0 radical (unpaired) electrons. The summed E-state index contributed by atoms with van der Waals surface area (Å²) in [6.07, 6.45) is 6.75. The van der Waals surface area contributed by atoms with Crippen LogP contribution in [-0.4, -0.2) is 38.0 Å². The molecule has 7 heteroatoms. The zero-order chi connectivity index (χ0) is 19.0. The molecule has 7 nitrogen and oxygen atoms in total. The van der Waals surface area contributed by atoms with E-state index >= 15 is 0 Å². The molecular formula is C20H28N4O3. The number of aliphatic hydroxyl groups is 1. The zero-order valence-corrected chi connectivity index (χ0v) is 15.9. The van der Waals surface area contributed by atoms with E-state index in [0.717, 1.165) is 38.5 Å². The van der Waals surface area contributed by atoms with Crippen molar-refractivity contribution in [2.45, 2.75) is 70.4 Å². The van der Waals surface area contributed by atoms with Crippen molar-refractivity contribution in [3.8, 4) is 0 Å². The van der Waals surface area contributed by atoms with Gasteiger partial charge in [-0.05, 0) is 56.3 Å². The molecule has 1 aromatic heterocycles. The number of nitrogens with zero attached hydrogens (tertiary/aromatic N) is 2. The molecule has 4 bridgehead atoms. The Hall–Kier alpha value is -1.89. The predicted molar refractivity (Wildman–Crippen MR) is 99.7 cm³/mol. The van der Waals surface area contributed by atoms with E-state index in [1.807, 2.05) is 4.90 Å². The van der Waals surface area contributed by atoms with Crippen LogP contribution in [0.3, 0.4) is 0 Å². The summed E-state index contributed by atoms with van der Waals surface area (Å²) in [6, 6.07) is 0. The molecule has 5 aliphatic rings. The van der Waals surface area contributed by atoms with Crippen LogP contribution in [0, 0.1) is 16.7 Å². The highest BCUT2D eigenvalue weighted by atomic mass is 16.3. The van der Waals surface area contributed by atoms with Gasteiger partial charge in [0.05, 0.1) is 23.3 Å². The summed E-state index contributed by atoms with van der Waals surface area (Å²) in [7, 11) is 0. The van der Waals surface area contributed by atoms with E-state index in [1.54, 1.807) is 0 Å². The number of amides is 1. The van der Waals surface area contributed by atoms with Crippen LogP contribution in [-0.2, 0) is 17.8 Å². The highest BCUT2D eigenvalue weighted by Gasteiger charge is 2.65. The Kier molecular flexibility index (Phi) is 3.41. The number of carbonyl (C=O) groups excluding carboxylic acids is 1. The van der Waals surface area contributed by atoms with E-state index in [1.165, 1.54) is 0 Å². The van der Waals surface area contributed by atoms with Crippen LogP contribution in [0.2, 0.25) is 0 Å². The first-order valence-corrected chi connectivity index (χ1v) is 10.1. The number of fused-ring (bicyclic) bond motifs is 1. The summed E-state index contributed by atoms with van der Waals surface area (Å²) >= 11 is 0. The number of carbonyl (C=O) groups is 1. The van der Waals surface area contributed by atoms with Crippen LogP contribution < -0.4 is 11.3 Å². The summed E-state index contributed by atoms with van der Waals surface area (Å²) in [5, 5.41) is 11.2. The maximum absolute atomic E-state index is 13.7. The standard InChI is InChI=1S/C20H28N4O3/c1-2-18-5-12-6-19(9-18,11-20(27,7-12)10-18)16(26)24-4-3-13-14(8-24)22-17(21)23-15(13)25/h12,27H,2-11H2,1H3,(H3,21,22,23,25)/t12-,18+,19+,20+/m0/s1. The highest BCUT2D eigenvalue weighted by molar-refractivity contribution is 5.84. The van der Waals surface area contributed by atoms with E-state index < -0.39 is 11.0 Å². The lowest BCUT2D eigenvalue weighted by Gasteiger charge is -2.65. The van der Waals surface area contributed by atoms with Gasteiger partial charge in [0.25, 0.3) is 5.56 Å². The first-order chi connectivity index (χ1) is 12.8. The van der Waals surface area contributed by atoms with Gasteiger partial charge in [0, 0.05) is 12.1 Å². The van der Waals surface area contributed by atoms with Crippen molar-refractivity contribution in [1.29, 1.82) is 0 Å². The molecule has 146 valence electrons. The maximum Gasteiger partial charge on any atom is 0.255 e. The second-order valence-electron chi connectivity index (χ2n) is 9.72. The van der Waals surface area contributed by atoms with E-state index in [2.05, 4.69) is 16.9 Å². The fourth-order valence-corrected chi connectivity index (χ4v) is 7.19. The van der Waals surface area contributed by atoms with Crippen LogP contribution >= 0.6 is 0 Å². The Morgan fingerprint density at radius 1 is 1.33 bits per heavy atom. The van der Waals surface area contributed by atoms with Gasteiger partial charge in [0.1, 0.15) is 0 Å². The summed E-state index contributed by atoms with van der Waals surface area (Å²) in [4.78, 5) is 34.5. The summed E-state index contributed by atoms with van der Waals surface area (Å²) < 4.78 is 0. The van der Waals surface area contributed by atoms with Gasteiger partial charge in [0.15, 0.2) is 0 Å². The summed E-state index contributed by atoms with van der Waals surface area (Å²) in [6.45, 7) is 3.07. The second kappa shape index (κ2) is 5.34. The molecular weight excluding hydrogens is 344 g/mol. The average molecular weight is 372 g/mol. The minimum absolute atomic E-state index is 0.0992. The number of H-pyrrole nitrogens is 1. The number of hydrogen-bond donors (Lipinski definition) is 3. The quantitative estimate of drug-likeness (QED) is 0.725. The molecule has 0 unspecified atom stereocenters. The Morgan fingerprint density at radius 2 is 2.15 bits per heavy atom. The minimum atomic E-state index is -0.682. The molecule has 6 rings (SSSR count). The van der Waals surface area contributed by atoms with Crippen molar-refractivity contribution < 1.29 is 9.90 Å². The number of nitrogens with one attached hydrogen (secondary N) is 1. The average Bonchev–Trinajstić information content (AvgIpc) is 2.58. The van der Waals surface area contributed by atoms with Gasteiger partial charge in [-0.25, -0.2) is 4.98 Å².